The van der Waals surface area contributed by atoms with Gasteiger partial charge in [0.05, 0.1) is 6.92 Å². The van der Waals surface area contributed by atoms with Gasteiger partial charge < -0.3 is 9.16 Å². The standard InChI is InChI=1S/C7H11O2/c1-6-8-5-7(9-6)3-2-4-7/h2-5H2,1H3/q+1. The van der Waals surface area contributed by atoms with Gasteiger partial charge in [0, 0.05) is 12.8 Å². The number of esters is 1. The van der Waals surface area contributed by atoms with Crippen LogP contribution in [0.25, 0.3) is 0 Å². The average Bonchev–Trinajstić information content (AvgIpc) is 2.09. The van der Waals surface area contributed by atoms with Crippen molar-refractivity contribution in [2.45, 2.75) is 31.8 Å². The van der Waals surface area contributed by atoms with E-state index < -0.39 is 0 Å². The molecule has 50 valence electrons. The van der Waals surface area contributed by atoms with Gasteiger partial charge >= 0.3 is 5.97 Å². The molecule has 2 heteroatoms. The highest BCUT2D eigenvalue weighted by Gasteiger charge is 2.52. The molecule has 0 N–H and O–H groups in total. The van der Waals surface area contributed by atoms with Crippen LogP contribution in [0.1, 0.15) is 26.2 Å². The van der Waals surface area contributed by atoms with E-state index in [-0.39, 0.29) is 5.60 Å². The Kier molecular flexibility index (Phi) is 0.875. The lowest BCUT2D eigenvalue weighted by molar-refractivity contribution is -0.457. The summed E-state index contributed by atoms with van der Waals surface area (Å²) in [4.78, 5) is 0. The van der Waals surface area contributed by atoms with E-state index in [4.69, 9.17) is 9.16 Å². The van der Waals surface area contributed by atoms with Gasteiger partial charge in [0.1, 0.15) is 0 Å². The molecule has 1 spiro atoms. The van der Waals surface area contributed by atoms with Gasteiger partial charge in [0.15, 0.2) is 0 Å². The summed E-state index contributed by atoms with van der Waals surface area (Å²) in [6, 6.07) is 0. The molecule has 0 bridgehead atoms. The minimum Gasteiger partial charge on any atom is -0.315 e. The Labute approximate surface area is 54.5 Å². The van der Waals surface area contributed by atoms with Gasteiger partial charge in [0.25, 0.3) is 5.60 Å². The summed E-state index contributed by atoms with van der Waals surface area (Å²) in [6.45, 7) is 2.67. The molecular weight excluding hydrogens is 116 g/mol. The van der Waals surface area contributed by atoms with Crippen LogP contribution in [0, 0.1) is 0 Å². The van der Waals surface area contributed by atoms with Crippen molar-refractivity contribution in [2.75, 3.05) is 6.61 Å². The molecule has 0 atom stereocenters. The zero-order chi connectivity index (χ0) is 6.32. The van der Waals surface area contributed by atoms with Gasteiger partial charge in [-0.1, -0.05) is 0 Å². The molecule has 0 aromatic carbocycles. The lowest BCUT2D eigenvalue weighted by atomic mass is 9.81. The first-order chi connectivity index (χ1) is 4.31. The molecule has 2 nitrogen and oxygen atoms in total. The molecule has 0 saturated heterocycles. The van der Waals surface area contributed by atoms with Gasteiger partial charge in [-0.25, -0.2) is 0 Å². The highest BCUT2D eigenvalue weighted by Crippen LogP contribution is 2.37. The van der Waals surface area contributed by atoms with Crippen LogP contribution in [-0.4, -0.2) is 18.2 Å². The second kappa shape index (κ2) is 1.49. The van der Waals surface area contributed by atoms with E-state index in [0.29, 0.717) is 0 Å². The van der Waals surface area contributed by atoms with Crippen molar-refractivity contribution in [1.29, 1.82) is 0 Å². The molecule has 1 saturated carbocycles. The van der Waals surface area contributed by atoms with E-state index in [1.807, 2.05) is 6.92 Å². The maximum absolute atomic E-state index is 5.48. The predicted octanol–water partition coefficient (Wildman–Crippen LogP) is 1.02. The molecule has 0 aromatic rings. The third kappa shape index (κ3) is 0.655. The average molecular weight is 127 g/mol. The third-order valence-electron chi connectivity index (χ3n) is 2.16. The first-order valence-electron chi connectivity index (χ1n) is 3.46. The molecular formula is C7H11O2+. The number of carbonyl (C=O) groups excluding carboxylic acids is 1. The number of ether oxygens (including phenoxy) is 1. The van der Waals surface area contributed by atoms with Crippen molar-refractivity contribution < 1.29 is 9.16 Å². The molecule has 0 aromatic heterocycles. The normalized spacial score (nSPS) is 29.2. The molecule has 0 unspecified atom stereocenters. The second-order valence-electron chi connectivity index (χ2n) is 2.92. The van der Waals surface area contributed by atoms with Crippen LogP contribution in [0.3, 0.4) is 0 Å². The van der Waals surface area contributed by atoms with E-state index in [0.717, 1.165) is 12.6 Å². The SMILES string of the molecule is CC1=[O+]CC2(CCC2)O1. The topological polar surface area (TPSA) is 20.5 Å². The van der Waals surface area contributed by atoms with Crippen LogP contribution in [0.5, 0.6) is 0 Å². The summed E-state index contributed by atoms with van der Waals surface area (Å²) in [6.07, 6.45) is 3.67. The highest BCUT2D eigenvalue weighted by atomic mass is 16.6. The number of hydrogen-bond donors (Lipinski definition) is 0. The maximum atomic E-state index is 5.48. The van der Waals surface area contributed by atoms with E-state index in [2.05, 4.69) is 0 Å². The van der Waals surface area contributed by atoms with Gasteiger partial charge in [-0.2, -0.15) is 0 Å². The van der Waals surface area contributed by atoms with Crippen LogP contribution in [0.2, 0.25) is 0 Å². The van der Waals surface area contributed by atoms with Crippen molar-refractivity contribution in [1.82, 2.24) is 0 Å². The summed E-state index contributed by atoms with van der Waals surface area (Å²) in [5.41, 5.74) is 0.129. The van der Waals surface area contributed by atoms with E-state index in [1.54, 1.807) is 0 Å². The van der Waals surface area contributed by atoms with Crippen molar-refractivity contribution in [2.24, 2.45) is 0 Å². The van der Waals surface area contributed by atoms with Crippen molar-refractivity contribution in [3.63, 3.8) is 0 Å². The van der Waals surface area contributed by atoms with Crippen LogP contribution in [0.15, 0.2) is 0 Å². The van der Waals surface area contributed by atoms with Crippen molar-refractivity contribution >= 4 is 5.97 Å². The monoisotopic (exact) mass is 127 g/mol. The van der Waals surface area contributed by atoms with E-state index in [9.17, 15) is 0 Å². The molecule has 1 aliphatic heterocycles. The fourth-order valence-corrected chi connectivity index (χ4v) is 1.41. The zero-order valence-electron chi connectivity index (χ0n) is 5.64. The fraction of sp³-hybridized carbons (Fsp3) is 0.857. The zero-order valence-corrected chi connectivity index (χ0v) is 5.64. The number of hydrogen-bond acceptors (Lipinski definition) is 1. The lowest BCUT2D eigenvalue weighted by Crippen LogP contribution is -2.40. The summed E-state index contributed by atoms with van der Waals surface area (Å²) >= 11 is 0. The van der Waals surface area contributed by atoms with Crippen LogP contribution >= 0.6 is 0 Å². The summed E-state index contributed by atoms with van der Waals surface area (Å²) < 4.78 is 10.7. The quantitative estimate of drug-likeness (QED) is 0.351. The predicted molar refractivity (Wildman–Crippen MR) is 33.2 cm³/mol. The summed E-state index contributed by atoms with van der Waals surface area (Å²) in [7, 11) is 0. The van der Waals surface area contributed by atoms with Gasteiger partial charge in [0.2, 0.25) is 6.61 Å². The largest absolute Gasteiger partial charge is 0.482 e. The van der Waals surface area contributed by atoms with Crippen molar-refractivity contribution in [3.05, 3.63) is 0 Å². The third-order valence-corrected chi connectivity index (χ3v) is 2.16. The molecule has 1 fully saturated rings. The van der Waals surface area contributed by atoms with Crippen molar-refractivity contribution in [3.8, 4) is 0 Å². The minimum absolute atomic E-state index is 0.129. The maximum Gasteiger partial charge on any atom is 0.482 e. The smallest absolute Gasteiger partial charge is 0.315 e. The van der Waals surface area contributed by atoms with Gasteiger partial charge in [-0.05, 0) is 6.42 Å². The van der Waals surface area contributed by atoms with Crippen LogP contribution < -0.4 is 0 Å². The van der Waals surface area contributed by atoms with E-state index >= 15 is 0 Å². The van der Waals surface area contributed by atoms with Crippen LogP contribution in [-0.2, 0) is 9.16 Å². The molecule has 1 aliphatic carbocycles. The summed E-state index contributed by atoms with van der Waals surface area (Å²) in [5, 5.41) is 0. The van der Waals surface area contributed by atoms with Crippen LogP contribution in [0.4, 0.5) is 0 Å². The molecule has 2 rings (SSSR count). The van der Waals surface area contributed by atoms with Gasteiger partial charge in [-0.15, -0.1) is 0 Å². The second-order valence-corrected chi connectivity index (χ2v) is 2.92. The lowest BCUT2D eigenvalue weighted by Gasteiger charge is -2.26. The Morgan fingerprint density at radius 1 is 1.56 bits per heavy atom. The molecule has 0 radical (unpaired) electrons. The fourth-order valence-electron chi connectivity index (χ4n) is 1.41. The Morgan fingerprint density at radius 3 is 2.56 bits per heavy atom. The Balaban J connectivity index is 2.05. The minimum atomic E-state index is 0.129. The Hall–Kier alpha value is -0.530. The Morgan fingerprint density at radius 2 is 2.33 bits per heavy atom. The molecule has 2 aliphatic rings. The first-order valence-corrected chi connectivity index (χ1v) is 3.46. The molecule has 0 amide bonds. The Bertz CT molecular complexity index is 156. The molecule has 1 heterocycles. The highest BCUT2D eigenvalue weighted by molar-refractivity contribution is 5.68. The first kappa shape index (κ1) is 5.27. The summed E-state index contributed by atoms with van der Waals surface area (Å²) in [5.74, 6) is 0.759. The van der Waals surface area contributed by atoms with E-state index in [1.165, 1.54) is 19.3 Å². The number of rotatable bonds is 0. The van der Waals surface area contributed by atoms with Gasteiger partial charge in [-0.3, -0.25) is 0 Å². The molecule has 9 heavy (non-hydrogen) atoms.